The van der Waals surface area contributed by atoms with Crippen molar-refractivity contribution >= 4 is 5.69 Å². The van der Waals surface area contributed by atoms with Gasteiger partial charge in [-0.2, -0.15) is 5.10 Å². The topological polar surface area (TPSA) is 29.9 Å². The number of rotatable bonds is 4. The van der Waals surface area contributed by atoms with Crippen molar-refractivity contribution in [3.05, 3.63) is 48.3 Å². The molecule has 1 fully saturated rings. The van der Waals surface area contributed by atoms with Crippen LogP contribution in [0.3, 0.4) is 0 Å². The zero-order valence-electron chi connectivity index (χ0n) is 11.4. The summed E-state index contributed by atoms with van der Waals surface area (Å²) >= 11 is 0. The van der Waals surface area contributed by atoms with Gasteiger partial charge in [-0.1, -0.05) is 25.1 Å². The molecule has 100 valence electrons. The molecule has 1 N–H and O–H groups in total. The van der Waals surface area contributed by atoms with E-state index in [4.69, 9.17) is 0 Å². The smallest absolute Gasteiger partial charge is 0.0679 e. The lowest BCUT2D eigenvalue weighted by atomic mass is 10.1. The molecular weight excluding hydrogens is 234 g/mol. The van der Waals surface area contributed by atoms with Crippen molar-refractivity contribution in [3.8, 4) is 0 Å². The average Bonchev–Trinajstić information content (AvgIpc) is 3.04. The monoisotopic (exact) mass is 255 g/mol. The van der Waals surface area contributed by atoms with Gasteiger partial charge in [-0.3, -0.25) is 4.68 Å². The number of benzene rings is 1. The Hall–Kier alpha value is -1.77. The maximum atomic E-state index is 4.29. The SMILES string of the molecule is CC1CCC(Nc2ccccc2Cn2cccn2)C1. The fourth-order valence-corrected chi connectivity index (χ4v) is 2.93. The van der Waals surface area contributed by atoms with Crippen molar-refractivity contribution in [1.29, 1.82) is 0 Å². The van der Waals surface area contributed by atoms with Crippen molar-refractivity contribution in [3.63, 3.8) is 0 Å². The van der Waals surface area contributed by atoms with Crippen LogP contribution in [0.1, 0.15) is 31.7 Å². The molecule has 0 bridgehead atoms. The van der Waals surface area contributed by atoms with E-state index < -0.39 is 0 Å². The number of hydrogen-bond donors (Lipinski definition) is 1. The van der Waals surface area contributed by atoms with E-state index in [1.165, 1.54) is 30.5 Å². The molecule has 0 aliphatic heterocycles. The largest absolute Gasteiger partial charge is 0.382 e. The van der Waals surface area contributed by atoms with Gasteiger partial charge in [-0.25, -0.2) is 0 Å². The van der Waals surface area contributed by atoms with Gasteiger partial charge in [0.05, 0.1) is 6.54 Å². The minimum atomic E-state index is 0.633. The molecule has 0 saturated heterocycles. The molecule has 1 aromatic heterocycles. The van der Waals surface area contributed by atoms with Crippen LogP contribution >= 0.6 is 0 Å². The summed E-state index contributed by atoms with van der Waals surface area (Å²) < 4.78 is 1.97. The highest BCUT2D eigenvalue weighted by Gasteiger charge is 2.21. The first-order chi connectivity index (χ1) is 9.31. The summed E-state index contributed by atoms with van der Waals surface area (Å²) in [5, 5.41) is 8.00. The highest BCUT2D eigenvalue weighted by molar-refractivity contribution is 5.52. The first-order valence-electron chi connectivity index (χ1n) is 7.13. The first-order valence-corrected chi connectivity index (χ1v) is 7.13. The van der Waals surface area contributed by atoms with Crippen molar-refractivity contribution in [2.24, 2.45) is 5.92 Å². The third-order valence-electron chi connectivity index (χ3n) is 3.96. The second-order valence-electron chi connectivity index (χ2n) is 5.62. The standard InChI is InChI=1S/C16H21N3/c1-13-7-8-15(11-13)18-16-6-3-2-5-14(16)12-19-10-4-9-17-19/h2-6,9-10,13,15,18H,7-8,11-12H2,1H3. The molecule has 2 aromatic rings. The summed E-state index contributed by atoms with van der Waals surface area (Å²) in [4.78, 5) is 0. The van der Waals surface area contributed by atoms with Gasteiger partial charge in [0.25, 0.3) is 0 Å². The van der Waals surface area contributed by atoms with Crippen molar-refractivity contribution < 1.29 is 0 Å². The van der Waals surface area contributed by atoms with Crippen LogP contribution in [0.4, 0.5) is 5.69 Å². The number of hydrogen-bond acceptors (Lipinski definition) is 2. The van der Waals surface area contributed by atoms with Crippen LogP contribution < -0.4 is 5.32 Å². The molecule has 1 aliphatic rings. The Balaban J connectivity index is 1.73. The van der Waals surface area contributed by atoms with E-state index in [2.05, 4.69) is 41.6 Å². The van der Waals surface area contributed by atoms with E-state index in [-0.39, 0.29) is 0 Å². The maximum Gasteiger partial charge on any atom is 0.0679 e. The van der Waals surface area contributed by atoms with E-state index >= 15 is 0 Å². The Morgan fingerprint density at radius 2 is 2.16 bits per heavy atom. The Morgan fingerprint density at radius 3 is 2.89 bits per heavy atom. The Bertz CT molecular complexity index is 519. The van der Waals surface area contributed by atoms with Crippen LogP contribution in [0.15, 0.2) is 42.7 Å². The summed E-state index contributed by atoms with van der Waals surface area (Å²) in [5.41, 5.74) is 2.57. The zero-order valence-corrected chi connectivity index (χ0v) is 11.4. The molecule has 0 spiro atoms. The molecule has 0 amide bonds. The highest BCUT2D eigenvalue weighted by Crippen LogP contribution is 2.28. The first kappa shape index (κ1) is 12.3. The van der Waals surface area contributed by atoms with Crippen molar-refractivity contribution in [2.45, 2.75) is 38.8 Å². The molecule has 2 unspecified atom stereocenters. The van der Waals surface area contributed by atoms with Crippen LogP contribution in [0, 0.1) is 5.92 Å². The number of nitrogens with zero attached hydrogens (tertiary/aromatic N) is 2. The molecule has 2 atom stereocenters. The molecule has 1 heterocycles. The third-order valence-corrected chi connectivity index (χ3v) is 3.96. The third kappa shape index (κ3) is 2.98. The molecule has 1 saturated carbocycles. The summed E-state index contributed by atoms with van der Waals surface area (Å²) in [6.07, 6.45) is 7.76. The van der Waals surface area contributed by atoms with E-state index in [0.29, 0.717) is 6.04 Å². The molecule has 19 heavy (non-hydrogen) atoms. The second-order valence-corrected chi connectivity index (χ2v) is 5.62. The molecular formula is C16H21N3. The van der Waals surface area contributed by atoms with Gasteiger partial charge in [-0.15, -0.1) is 0 Å². The zero-order chi connectivity index (χ0) is 13.1. The van der Waals surface area contributed by atoms with Crippen LogP contribution in [0.2, 0.25) is 0 Å². The summed E-state index contributed by atoms with van der Waals surface area (Å²) in [6.45, 7) is 3.18. The predicted molar refractivity (Wildman–Crippen MR) is 78.2 cm³/mol. The fourth-order valence-electron chi connectivity index (χ4n) is 2.93. The van der Waals surface area contributed by atoms with Gasteiger partial charge in [0.15, 0.2) is 0 Å². The van der Waals surface area contributed by atoms with Gasteiger partial charge >= 0.3 is 0 Å². The van der Waals surface area contributed by atoms with Gasteiger partial charge in [0.2, 0.25) is 0 Å². The molecule has 0 radical (unpaired) electrons. The van der Waals surface area contributed by atoms with E-state index in [9.17, 15) is 0 Å². The van der Waals surface area contributed by atoms with Crippen molar-refractivity contribution in [2.75, 3.05) is 5.32 Å². The van der Waals surface area contributed by atoms with E-state index in [1.54, 1.807) is 0 Å². The quantitative estimate of drug-likeness (QED) is 0.905. The van der Waals surface area contributed by atoms with Crippen LogP contribution in [-0.4, -0.2) is 15.8 Å². The lowest BCUT2D eigenvalue weighted by Gasteiger charge is -2.17. The minimum absolute atomic E-state index is 0.633. The van der Waals surface area contributed by atoms with Crippen molar-refractivity contribution in [1.82, 2.24) is 9.78 Å². The molecule has 1 aromatic carbocycles. The lowest BCUT2D eigenvalue weighted by molar-refractivity contribution is 0.602. The Labute approximate surface area is 114 Å². The summed E-state index contributed by atoms with van der Waals surface area (Å²) in [7, 11) is 0. The number of anilines is 1. The van der Waals surface area contributed by atoms with E-state index in [0.717, 1.165) is 12.5 Å². The second kappa shape index (κ2) is 5.47. The summed E-state index contributed by atoms with van der Waals surface area (Å²) in [5.74, 6) is 0.857. The Morgan fingerprint density at radius 1 is 1.26 bits per heavy atom. The van der Waals surface area contributed by atoms with Crippen LogP contribution in [-0.2, 0) is 6.54 Å². The Kier molecular flexibility index (Phi) is 3.53. The number of nitrogens with one attached hydrogen (secondary N) is 1. The number of aromatic nitrogens is 2. The van der Waals surface area contributed by atoms with Gasteiger partial charge in [0.1, 0.15) is 0 Å². The van der Waals surface area contributed by atoms with Gasteiger partial charge < -0.3 is 5.32 Å². The lowest BCUT2D eigenvalue weighted by Crippen LogP contribution is -2.17. The predicted octanol–water partition coefficient (Wildman–Crippen LogP) is 3.53. The van der Waals surface area contributed by atoms with Gasteiger partial charge in [0, 0.05) is 24.1 Å². The van der Waals surface area contributed by atoms with Crippen LogP contribution in [0.25, 0.3) is 0 Å². The minimum Gasteiger partial charge on any atom is -0.382 e. The summed E-state index contributed by atoms with van der Waals surface area (Å²) in [6, 6.07) is 11.2. The molecule has 3 nitrogen and oxygen atoms in total. The highest BCUT2D eigenvalue weighted by atomic mass is 15.3. The van der Waals surface area contributed by atoms with Gasteiger partial charge in [-0.05, 0) is 42.9 Å². The molecule has 3 heteroatoms. The van der Waals surface area contributed by atoms with Crippen LogP contribution in [0.5, 0.6) is 0 Å². The normalized spacial score (nSPS) is 22.6. The number of para-hydroxylation sites is 1. The molecule has 1 aliphatic carbocycles. The maximum absolute atomic E-state index is 4.29. The fraction of sp³-hybridized carbons (Fsp3) is 0.438. The molecule has 3 rings (SSSR count). The average molecular weight is 255 g/mol. The van der Waals surface area contributed by atoms with E-state index in [1.807, 2.05) is 23.1 Å².